The minimum atomic E-state index is -0.169. The molecule has 1 rings (SSSR count). The highest BCUT2D eigenvalue weighted by Crippen LogP contribution is 2.10. The van der Waals surface area contributed by atoms with Gasteiger partial charge in [0.2, 0.25) is 0 Å². The van der Waals surface area contributed by atoms with Crippen molar-refractivity contribution >= 4 is 17.2 Å². The molecule has 4 heteroatoms. The van der Waals surface area contributed by atoms with E-state index in [0.29, 0.717) is 17.1 Å². The van der Waals surface area contributed by atoms with Crippen LogP contribution in [0.5, 0.6) is 0 Å². The summed E-state index contributed by atoms with van der Waals surface area (Å²) in [6, 6.07) is 6.79. The first-order valence-corrected chi connectivity index (χ1v) is 5.62. The van der Waals surface area contributed by atoms with Gasteiger partial charge in [-0.3, -0.25) is 0 Å². The number of halogens is 1. The Balaban J connectivity index is 2.55. The van der Waals surface area contributed by atoms with Gasteiger partial charge in [0.1, 0.15) is 5.82 Å². The molecule has 16 heavy (non-hydrogen) atoms. The van der Waals surface area contributed by atoms with Crippen LogP contribution in [0.25, 0.3) is 0 Å². The number of hydrogen-bond acceptors (Lipinski definition) is 2. The lowest BCUT2D eigenvalue weighted by molar-refractivity contribution is 0.303. The van der Waals surface area contributed by atoms with Crippen molar-refractivity contribution in [1.82, 2.24) is 4.90 Å². The quantitative estimate of drug-likeness (QED) is 0.800. The monoisotopic (exact) mass is 240 g/mol. The molecular formula is C12H17FN2S. The predicted octanol–water partition coefficient (Wildman–Crippen LogP) is 2.18. The Hall–Kier alpha value is -1.00. The molecule has 0 bridgehead atoms. The summed E-state index contributed by atoms with van der Waals surface area (Å²) in [5.41, 5.74) is 6.23. The van der Waals surface area contributed by atoms with Gasteiger partial charge in [0, 0.05) is 24.6 Å². The van der Waals surface area contributed by atoms with Gasteiger partial charge < -0.3 is 10.6 Å². The van der Waals surface area contributed by atoms with E-state index in [1.54, 1.807) is 12.1 Å². The lowest BCUT2D eigenvalue weighted by Crippen LogP contribution is -2.31. The first-order valence-electron chi connectivity index (χ1n) is 5.22. The summed E-state index contributed by atoms with van der Waals surface area (Å²) >= 11 is 4.90. The second kappa shape index (κ2) is 5.92. The topological polar surface area (TPSA) is 29.3 Å². The number of thiocarbonyl (C=S) groups is 1. The fraction of sp³-hybridized carbons (Fsp3) is 0.417. The van der Waals surface area contributed by atoms with E-state index in [9.17, 15) is 4.39 Å². The van der Waals surface area contributed by atoms with Crippen molar-refractivity contribution in [2.45, 2.75) is 13.5 Å². The third-order valence-electron chi connectivity index (χ3n) is 2.47. The molecular weight excluding hydrogens is 223 g/mol. The Morgan fingerprint density at radius 1 is 1.50 bits per heavy atom. The Kier molecular flexibility index (Phi) is 4.83. The van der Waals surface area contributed by atoms with Crippen LogP contribution >= 0.6 is 12.2 Å². The normalized spacial score (nSPS) is 12.8. The summed E-state index contributed by atoms with van der Waals surface area (Å²) in [7, 11) is 1.93. The maximum atomic E-state index is 13.4. The van der Waals surface area contributed by atoms with Gasteiger partial charge in [-0.2, -0.15) is 0 Å². The van der Waals surface area contributed by atoms with Crippen LogP contribution in [0.3, 0.4) is 0 Å². The lowest BCUT2D eigenvalue weighted by atomic mass is 10.1. The van der Waals surface area contributed by atoms with Crippen molar-refractivity contribution in [1.29, 1.82) is 0 Å². The van der Waals surface area contributed by atoms with Crippen LogP contribution in [0.15, 0.2) is 24.3 Å². The smallest absolute Gasteiger partial charge is 0.127 e. The highest BCUT2D eigenvalue weighted by atomic mass is 32.1. The molecule has 0 heterocycles. The maximum absolute atomic E-state index is 13.4. The molecule has 0 aliphatic rings. The fourth-order valence-corrected chi connectivity index (χ4v) is 1.61. The summed E-state index contributed by atoms with van der Waals surface area (Å²) in [5.74, 6) is -0.0240. The van der Waals surface area contributed by atoms with Crippen LogP contribution < -0.4 is 5.73 Å². The minimum Gasteiger partial charge on any atom is -0.393 e. The van der Waals surface area contributed by atoms with Crippen LogP contribution in [-0.4, -0.2) is 23.5 Å². The molecule has 1 atom stereocenters. The number of benzene rings is 1. The molecule has 0 aliphatic carbocycles. The van der Waals surface area contributed by atoms with Crippen LogP contribution in [0.1, 0.15) is 12.5 Å². The molecule has 1 unspecified atom stereocenters. The molecule has 0 saturated heterocycles. The highest BCUT2D eigenvalue weighted by molar-refractivity contribution is 7.80. The molecule has 0 amide bonds. The van der Waals surface area contributed by atoms with E-state index >= 15 is 0 Å². The number of nitrogens with two attached hydrogens (primary N) is 1. The van der Waals surface area contributed by atoms with Crippen LogP contribution in [0, 0.1) is 11.7 Å². The van der Waals surface area contributed by atoms with Gasteiger partial charge >= 0.3 is 0 Å². The Bertz CT molecular complexity index is 368. The Morgan fingerprint density at radius 3 is 2.69 bits per heavy atom. The summed E-state index contributed by atoms with van der Waals surface area (Å²) in [4.78, 5) is 2.52. The third-order valence-corrected chi connectivity index (χ3v) is 2.87. The van der Waals surface area contributed by atoms with Crippen molar-refractivity contribution < 1.29 is 4.39 Å². The summed E-state index contributed by atoms with van der Waals surface area (Å²) in [5, 5.41) is 0. The summed E-state index contributed by atoms with van der Waals surface area (Å²) in [6.45, 7) is 3.28. The van der Waals surface area contributed by atoms with Gasteiger partial charge in [-0.15, -0.1) is 0 Å². The van der Waals surface area contributed by atoms with Crippen molar-refractivity contribution in [2.75, 3.05) is 13.6 Å². The zero-order valence-corrected chi connectivity index (χ0v) is 10.4. The van der Waals surface area contributed by atoms with E-state index in [4.69, 9.17) is 18.0 Å². The van der Waals surface area contributed by atoms with E-state index in [2.05, 4.69) is 0 Å². The van der Waals surface area contributed by atoms with Gasteiger partial charge in [0.15, 0.2) is 0 Å². The number of rotatable bonds is 5. The number of hydrogen-bond donors (Lipinski definition) is 1. The molecule has 0 radical (unpaired) electrons. The molecule has 88 valence electrons. The standard InChI is InChI=1S/C12H17FN2S/c1-9(12(14)16)7-15(2)8-10-5-3-4-6-11(10)13/h3-6,9H,7-8H2,1-2H3,(H2,14,16). The zero-order chi connectivity index (χ0) is 12.1. The van der Waals surface area contributed by atoms with Crippen LogP contribution in [-0.2, 0) is 6.54 Å². The third kappa shape index (κ3) is 3.87. The molecule has 0 aromatic heterocycles. The number of nitrogens with zero attached hydrogens (tertiary/aromatic N) is 1. The van der Waals surface area contributed by atoms with E-state index in [0.717, 1.165) is 6.54 Å². The lowest BCUT2D eigenvalue weighted by Gasteiger charge is -2.20. The molecule has 1 aromatic rings. The highest BCUT2D eigenvalue weighted by Gasteiger charge is 2.10. The second-order valence-corrected chi connectivity index (χ2v) is 4.56. The summed E-state index contributed by atoms with van der Waals surface area (Å²) in [6.07, 6.45) is 0. The van der Waals surface area contributed by atoms with Gasteiger partial charge in [-0.25, -0.2) is 4.39 Å². The van der Waals surface area contributed by atoms with Crippen molar-refractivity contribution in [3.05, 3.63) is 35.6 Å². The van der Waals surface area contributed by atoms with Crippen molar-refractivity contribution in [2.24, 2.45) is 11.7 Å². The molecule has 0 spiro atoms. The maximum Gasteiger partial charge on any atom is 0.127 e. The molecule has 0 saturated carbocycles. The van der Waals surface area contributed by atoms with Crippen molar-refractivity contribution in [3.63, 3.8) is 0 Å². The van der Waals surface area contributed by atoms with E-state index in [-0.39, 0.29) is 11.7 Å². The molecule has 2 N–H and O–H groups in total. The van der Waals surface area contributed by atoms with Crippen molar-refractivity contribution in [3.8, 4) is 0 Å². The second-order valence-electron chi connectivity index (χ2n) is 4.09. The Morgan fingerprint density at radius 2 is 2.12 bits per heavy atom. The molecule has 0 aliphatic heterocycles. The minimum absolute atomic E-state index is 0.145. The fourth-order valence-electron chi connectivity index (χ4n) is 1.54. The molecule has 1 aromatic carbocycles. The van der Waals surface area contributed by atoms with Gasteiger partial charge in [-0.05, 0) is 13.1 Å². The predicted molar refractivity (Wildman–Crippen MR) is 68.7 cm³/mol. The van der Waals surface area contributed by atoms with Crippen LogP contribution in [0.4, 0.5) is 4.39 Å². The van der Waals surface area contributed by atoms with Crippen LogP contribution in [0.2, 0.25) is 0 Å². The first kappa shape index (κ1) is 13.1. The molecule has 2 nitrogen and oxygen atoms in total. The van der Waals surface area contributed by atoms with E-state index < -0.39 is 0 Å². The first-order chi connectivity index (χ1) is 7.50. The molecule has 0 fully saturated rings. The average molecular weight is 240 g/mol. The van der Waals surface area contributed by atoms with Gasteiger partial charge in [-0.1, -0.05) is 37.3 Å². The Labute approximate surface area is 101 Å². The van der Waals surface area contributed by atoms with Gasteiger partial charge in [0.05, 0.1) is 4.99 Å². The van der Waals surface area contributed by atoms with E-state index in [1.807, 2.05) is 24.9 Å². The zero-order valence-electron chi connectivity index (χ0n) is 9.61. The van der Waals surface area contributed by atoms with Gasteiger partial charge in [0.25, 0.3) is 0 Å². The SMILES string of the molecule is CC(CN(C)Cc1ccccc1F)C(N)=S. The average Bonchev–Trinajstić information content (AvgIpc) is 2.21. The largest absolute Gasteiger partial charge is 0.393 e. The van der Waals surface area contributed by atoms with E-state index in [1.165, 1.54) is 6.07 Å². The summed E-state index contributed by atoms with van der Waals surface area (Å²) < 4.78 is 13.4.